The molecule has 0 saturated heterocycles. The SMILES string of the molecule is CC[N+](C)(C)CCNC(=O)CCc1ccc([O-])c(OC)c1. The second-order valence-electron chi connectivity index (χ2n) is 5.81. The van der Waals surface area contributed by atoms with Gasteiger partial charge in [-0.05, 0) is 25.0 Å². The zero-order valence-electron chi connectivity index (χ0n) is 13.4. The predicted molar refractivity (Wildman–Crippen MR) is 81.3 cm³/mol. The number of carbonyl (C=O) groups excluding carboxylic acids is 1. The van der Waals surface area contributed by atoms with Gasteiger partial charge in [-0.2, -0.15) is 0 Å². The fraction of sp³-hybridized carbons (Fsp3) is 0.562. The van der Waals surface area contributed by atoms with E-state index in [1.54, 1.807) is 12.1 Å². The van der Waals surface area contributed by atoms with Gasteiger partial charge in [-0.15, -0.1) is 0 Å². The maximum Gasteiger partial charge on any atom is 0.220 e. The fourth-order valence-corrected chi connectivity index (χ4v) is 1.87. The minimum atomic E-state index is -0.134. The lowest BCUT2D eigenvalue weighted by molar-refractivity contribution is -0.887. The molecule has 0 atom stereocenters. The van der Waals surface area contributed by atoms with Crippen LogP contribution in [0.2, 0.25) is 0 Å². The van der Waals surface area contributed by atoms with Crippen LogP contribution >= 0.6 is 0 Å². The molecule has 0 spiro atoms. The molecule has 21 heavy (non-hydrogen) atoms. The van der Waals surface area contributed by atoms with Crippen molar-refractivity contribution in [1.82, 2.24) is 5.32 Å². The van der Waals surface area contributed by atoms with Crippen molar-refractivity contribution in [2.24, 2.45) is 0 Å². The maximum absolute atomic E-state index is 11.8. The lowest BCUT2D eigenvalue weighted by Gasteiger charge is -2.28. The van der Waals surface area contributed by atoms with Gasteiger partial charge in [0.2, 0.25) is 5.91 Å². The molecule has 0 aromatic heterocycles. The molecule has 0 saturated carbocycles. The first-order valence-corrected chi connectivity index (χ1v) is 7.30. The Kier molecular flexibility index (Phi) is 6.49. The van der Waals surface area contributed by atoms with Gasteiger partial charge in [0, 0.05) is 6.42 Å². The van der Waals surface area contributed by atoms with E-state index in [-0.39, 0.29) is 11.7 Å². The van der Waals surface area contributed by atoms with Crippen molar-refractivity contribution in [2.45, 2.75) is 19.8 Å². The van der Waals surface area contributed by atoms with Gasteiger partial charge in [-0.1, -0.05) is 17.9 Å². The van der Waals surface area contributed by atoms with E-state index in [2.05, 4.69) is 26.3 Å². The predicted octanol–water partition coefficient (Wildman–Crippen LogP) is 0.914. The summed E-state index contributed by atoms with van der Waals surface area (Å²) in [4.78, 5) is 11.8. The van der Waals surface area contributed by atoms with E-state index in [1.807, 2.05) is 0 Å². The highest BCUT2D eigenvalue weighted by molar-refractivity contribution is 5.76. The van der Waals surface area contributed by atoms with Crippen LogP contribution in [0.5, 0.6) is 11.5 Å². The molecule has 0 radical (unpaired) electrons. The van der Waals surface area contributed by atoms with E-state index in [0.29, 0.717) is 25.1 Å². The van der Waals surface area contributed by atoms with Gasteiger partial charge in [0.25, 0.3) is 0 Å². The fourth-order valence-electron chi connectivity index (χ4n) is 1.87. The van der Waals surface area contributed by atoms with Crippen LogP contribution in [0.1, 0.15) is 18.9 Å². The Morgan fingerprint density at radius 2 is 2.10 bits per heavy atom. The Hall–Kier alpha value is -1.75. The largest absolute Gasteiger partial charge is 0.870 e. The first-order chi connectivity index (χ1) is 9.88. The molecule has 0 bridgehead atoms. The van der Waals surface area contributed by atoms with Crippen LogP contribution in [-0.2, 0) is 11.2 Å². The number of carbonyl (C=O) groups is 1. The molecule has 5 heteroatoms. The summed E-state index contributed by atoms with van der Waals surface area (Å²) in [5.74, 6) is 0.233. The molecule has 0 aliphatic heterocycles. The number of hydrogen-bond donors (Lipinski definition) is 1. The molecular weight excluding hydrogens is 268 g/mol. The van der Waals surface area contributed by atoms with Crippen LogP contribution in [0.4, 0.5) is 0 Å². The Bertz CT molecular complexity index is 473. The topological polar surface area (TPSA) is 61.4 Å². The van der Waals surface area contributed by atoms with Crippen molar-refractivity contribution in [2.75, 3.05) is 40.8 Å². The summed E-state index contributed by atoms with van der Waals surface area (Å²) >= 11 is 0. The number of nitrogens with zero attached hydrogens (tertiary/aromatic N) is 1. The van der Waals surface area contributed by atoms with Crippen molar-refractivity contribution in [1.29, 1.82) is 0 Å². The van der Waals surface area contributed by atoms with Crippen molar-refractivity contribution >= 4 is 5.91 Å². The number of rotatable bonds is 8. The number of nitrogens with one attached hydrogen (secondary N) is 1. The quantitative estimate of drug-likeness (QED) is 0.725. The van der Waals surface area contributed by atoms with E-state index in [0.717, 1.165) is 23.1 Å². The lowest BCUT2D eigenvalue weighted by Crippen LogP contribution is -2.45. The van der Waals surface area contributed by atoms with E-state index in [9.17, 15) is 9.90 Å². The second-order valence-corrected chi connectivity index (χ2v) is 5.81. The molecule has 1 aromatic carbocycles. The highest BCUT2D eigenvalue weighted by atomic mass is 16.5. The Morgan fingerprint density at radius 1 is 1.38 bits per heavy atom. The third-order valence-electron chi connectivity index (χ3n) is 3.76. The van der Waals surface area contributed by atoms with Crippen molar-refractivity contribution in [3.05, 3.63) is 23.8 Å². The number of quaternary nitrogens is 1. The van der Waals surface area contributed by atoms with E-state index in [4.69, 9.17) is 4.74 Å². The van der Waals surface area contributed by atoms with Gasteiger partial charge in [0.1, 0.15) is 5.75 Å². The lowest BCUT2D eigenvalue weighted by atomic mass is 10.1. The monoisotopic (exact) mass is 294 g/mol. The van der Waals surface area contributed by atoms with Crippen LogP contribution in [0.25, 0.3) is 0 Å². The normalized spacial score (nSPS) is 11.2. The molecule has 1 aromatic rings. The van der Waals surface area contributed by atoms with Crippen LogP contribution in [-0.4, -0.2) is 51.2 Å². The third-order valence-corrected chi connectivity index (χ3v) is 3.76. The smallest absolute Gasteiger partial charge is 0.220 e. The standard InChI is InChI=1S/C16H26N2O3/c1-5-18(2,3)11-10-17-16(20)9-7-13-6-8-14(19)15(12-13)21-4/h6,8,12H,5,7,9-11H2,1-4H3,(H-,17,19,20). The molecule has 0 fully saturated rings. The van der Waals surface area contributed by atoms with Gasteiger partial charge in [-0.25, -0.2) is 0 Å². The third kappa shape index (κ3) is 6.04. The van der Waals surface area contributed by atoms with E-state index in [1.165, 1.54) is 13.2 Å². The summed E-state index contributed by atoms with van der Waals surface area (Å²) < 4.78 is 5.88. The van der Waals surface area contributed by atoms with Crippen LogP contribution in [0.15, 0.2) is 18.2 Å². The zero-order chi connectivity index (χ0) is 15.9. The summed E-state index contributed by atoms with van der Waals surface area (Å²) in [6, 6.07) is 4.93. The minimum absolute atomic E-state index is 0.0382. The molecule has 0 aliphatic carbocycles. The maximum atomic E-state index is 11.8. The molecular formula is C16H26N2O3. The van der Waals surface area contributed by atoms with Gasteiger partial charge >= 0.3 is 0 Å². The molecule has 1 amide bonds. The summed E-state index contributed by atoms with van der Waals surface area (Å²) in [5.41, 5.74) is 0.936. The highest BCUT2D eigenvalue weighted by Gasteiger charge is 2.11. The van der Waals surface area contributed by atoms with Crippen LogP contribution in [0.3, 0.4) is 0 Å². The van der Waals surface area contributed by atoms with Gasteiger partial charge in [-0.3, -0.25) is 4.79 Å². The summed E-state index contributed by atoms with van der Waals surface area (Å²) in [7, 11) is 5.76. The van der Waals surface area contributed by atoms with Gasteiger partial charge < -0.3 is 19.6 Å². The van der Waals surface area contributed by atoms with Crippen molar-refractivity contribution < 1.29 is 19.1 Å². The Labute approximate surface area is 127 Å². The Balaban J connectivity index is 2.36. The number of ether oxygens (including phenoxy) is 1. The molecule has 5 nitrogen and oxygen atoms in total. The zero-order valence-corrected chi connectivity index (χ0v) is 13.4. The second kappa shape index (κ2) is 7.88. The summed E-state index contributed by atoms with van der Waals surface area (Å²) in [5, 5.41) is 14.3. The average molecular weight is 294 g/mol. The first-order valence-electron chi connectivity index (χ1n) is 7.30. The number of hydrogen-bond acceptors (Lipinski definition) is 3. The highest BCUT2D eigenvalue weighted by Crippen LogP contribution is 2.24. The number of methoxy groups -OCH3 is 1. The van der Waals surface area contributed by atoms with E-state index < -0.39 is 0 Å². The number of likely N-dealkylation sites (N-methyl/N-ethyl adjacent to an activating group) is 1. The van der Waals surface area contributed by atoms with Gasteiger partial charge in [0.05, 0.1) is 40.8 Å². The number of aryl methyl sites for hydroxylation is 1. The molecule has 1 N–H and O–H groups in total. The van der Waals surface area contributed by atoms with Crippen molar-refractivity contribution in [3.63, 3.8) is 0 Å². The number of amides is 1. The van der Waals surface area contributed by atoms with Crippen molar-refractivity contribution in [3.8, 4) is 11.5 Å². The Morgan fingerprint density at radius 3 is 2.71 bits per heavy atom. The minimum Gasteiger partial charge on any atom is -0.870 e. The first kappa shape index (κ1) is 17.3. The summed E-state index contributed by atoms with van der Waals surface area (Å²) in [6.45, 7) is 4.77. The molecule has 0 heterocycles. The van der Waals surface area contributed by atoms with Crippen LogP contribution in [0, 0.1) is 0 Å². The number of benzene rings is 1. The van der Waals surface area contributed by atoms with Crippen LogP contribution < -0.4 is 15.2 Å². The molecule has 0 unspecified atom stereocenters. The summed E-state index contributed by atoms with van der Waals surface area (Å²) in [6.07, 6.45) is 1.02. The molecule has 0 aliphatic rings. The van der Waals surface area contributed by atoms with E-state index >= 15 is 0 Å². The molecule has 118 valence electrons. The van der Waals surface area contributed by atoms with Gasteiger partial charge in [0.15, 0.2) is 0 Å². The average Bonchev–Trinajstić information content (AvgIpc) is 2.46. The molecule has 1 rings (SSSR count).